The van der Waals surface area contributed by atoms with Crippen molar-refractivity contribution in [2.45, 2.75) is 0 Å². The molecule has 10 nitrogen and oxygen atoms in total. The zero-order valence-electron chi connectivity index (χ0n) is 8.25. The third-order valence-corrected chi connectivity index (χ3v) is 0. The molecule has 0 rings (SSSR count). The number of amides is 4. The van der Waals surface area contributed by atoms with Crippen LogP contribution < -0.4 is 52.5 Å². The van der Waals surface area contributed by atoms with Crippen LogP contribution in [0.4, 0.5) is 9.59 Å². The molecule has 12 heteroatoms. The molecular weight excluding hydrogens is 231 g/mol. The van der Waals surface area contributed by atoms with Crippen LogP contribution in [0.2, 0.25) is 0 Å². The quantitative estimate of drug-likeness (QED) is 0.180. The molecule has 10 N–H and O–H groups in total. The first-order chi connectivity index (χ1) is 5.46. The van der Waals surface area contributed by atoms with Gasteiger partial charge in [-0.1, -0.05) is 0 Å². The average molecular weight is 242 g/mol. The summed E-state index contributed by atoms with van der Waals surface area (Å²) in [6.45, 7) is 0. The van der Waals surface area contributed by atoms with Crippen molar-refractivity contribution in [3.05, 3.63) is 0 Å². The van der Waals surface area contributed by atoms with Gasteiger partial charge < -0.3 is 24.4 Å². The first kappa shape index (κ1) is 23.3. The summed E-state index contributed by atoms with van der Waals surface area (Å²) >= 11 is 0. The Hall–Kier alpha value is -0.590. The largest absolute Gasteiger partial charge is 1.00 e. The van der Waals surface area contributed by atoms with Crippen LogP contribution in [-0.4, -0.2) is 29.6 Å². The van der Waals surface area contributed by atoms with Gasteiger partial charge in [0.05, 0.1) is 0 Å². The molecule has 0 saturated heterocycles. The van der Waals surface area contributed by atoms with E-state index < -0.39 is 22.5 Å². The normalized spacial score (nSPS) is 7.57. The number of urea groups is 2. The number of nitrogens with two attached hydrogens (primary N) is 4. The van der Waals surface area contributed by atoms with Gasteiger partial charge in [-0.25, -0.2) is 9.59 Å². The number of hydrogen-bond donors (Lipinski definition) is 6. The maximum Gasteiger partial charge on any atom is 1.00 e. The van der Waals surface area contributed by atoms with Crippen molar-refractivity contribution in [3.63, 3.8) is 0 Å². The standard InChI is InChI=1S/2CH4N2O.Na.H2O4S.H/c2*2-1(3)4;;1-5(2,3)4;/h2*(H4,2,3,4);;(H2,1,2,3,4);/q;;+1;;-1. The molecule has 0 bridgehead atoms. The van der Waals surface area contributed by atoms with Crippen LogP contribution in [0.1, 0.15) is 1.43 Å². The molecule has 0 radical (unpaired) electrons. The second-order valence-electron chi connectivity index (χ2n) is 1.25. The summed E-state index contributed by atoms with van der Waals surface area (Å²) < 4.78 is 31.6. The fraction of sp³-hybridized carbons (Fsp3) is 0. The van der Waals surface area contributed by atoms with Gasteiger partial charge in [-0.15, -0.1) is 0 Å². The molecule has 14 heavy (non-hydrogen) atoms. The summed E-state index contributed by atoms with van der Waals surface area (Å²) in [5.74, 6) is 0. The fourth-order valence-corrected chi connectivity index (χ4v) is 0. The molecule has 0 spiro atoms. The van der Waals surface area contributed by atoms with E-state index in [1.54, 1.807) is 0 Å². The number of carbonyl (C=O) groups excluding carboxylic acids is 2. The van der Waals surface area contributed by atoms with Crippen LogP contribution in [0.5, 0.6) is 0 Å². The van der Waals surface area contributed by atoms with Gasteiger partial charge >= 0.3 is 52.0 Å². The van der Waals surface area contributed by atoms with E-state index in [-0.39, 0.29) is 31.0 Å². The first-order valence-corrected chi connectivity index (χ1v) is 3.66. The van der Waals surface area contributed by atoms with Gasteiger partial charge in [0.25, 0.3) is 0 Å². The SMILES string of the molecule is NC(N)=O.NC(N)=O.O=S(=O)(O)O.[H-].[Na+]. The van der Waals surface area contributed by atoms with Gasteiger partial charge in [-0.3, -0.25) is 9.11 Å². The van der Waals surface area contributed by atoms with E-state index in [4.69, 9.17) is 27.1 Å². The first-order valence-electron chi connectivity index (χ1n) is 2.26. The van der Waals surface area contributed by atoms with Crippen LogP contribution >= 0.6 is 0 Å². The van der Waals surface area contributed by atoms with Gasteiger partial charge in [0, 0.05) is 0 Å². The van der Waals surface area contributed by atoms with Crippen LogP contribution in [-0.2, 0) is 10.4 Å². The van der Waals surface area contributed by atoms with E-state index in [1.165, 1.54) is 0 Å². The zero-order chi connectivity index (χ0) is 11.7. The van der Waals surface area contributed by atoms with Gasteiger partial charge in [0.15, 0.2) is 0 Å². The minimum absolute atomic E-state index is 0. The van der Waals surface area contributed by atoms with Crippen LogP contribution in [0.25, 0.3) is 0 Å². The van der Waals surface area contributed by atoms with Crippen molar-refractivity contribution in [1.82, 2.24) is 0 Å². The number of carbonyl (C=O) groups is 2. The average Bonchev–Trinajstić information content (AvgIpc) is 1.50. The fourth-order valence-electron chi connectivity index (χ4n) is 0. The molecule has 4 amide bonds. The van der Waals surface area contributed by atoms with E-state index >= 15 is 0 Å². The molecule has 82 valence electrons. The number of rotatable bonds is 0. The molecule has 0 fully saturated rings. The van der Waals surface area contributed by atoms with Crippen LogP contribution in [0.15, 0.2) is 0 Å². The predicted molar refractivity (Wildman–Crippen MR) is 42.8 cm³/mol. The van der Waals surface area contributed by atoms with Crippen molar-refractivity contribution < 1.29 is 58.1 Å². The summed E-state index contributed by atoms with van der Waals surface area (Å²) in [7, 11) is -4.67. The molecule has 0 aromatic rings. The Bertz CT molecular complexity index is 228. The summed E-state index contributed by atoms with van der Waals surface area (Å²) in [6, 6.07) is -1.67. The molecule has 0 aliphatic carbocycles. The third kappa shape index (κ3) is 3550. The van der Waals surface area contributed by atoms with Crippen LogP contribution in [0.3, 0.4) is 0 Å². The molecule has 0 unspecified atom stereocenters. The maximum absolute atomic E-state index is 9.00. The van der Waals surface area contributed by atoms with Gasteiger partial charge in [-0.2, -0.15) is 8.42 Å². The molecule has 0 heterocycles. The Morgan fingerprint density at radius 1 is 0.929 bits per heavy atom. The molecule has 0 aliphatic rings. The maximum atomic E-state index is 9.00. The monoisotopic (exact) mass is 242 g/mol. The Labute approximate surface area is 103 Å². The third-order valence-electron chi connectivity index (χ3n) is 0. The van der Waals surface area contributed by atoms with E-state index in [1.807, 2.05) is 0 Å². The van der Waals surface area contributed by atoms with E-state index in [0.29, 0.717) is 0 Å². The van der Waals surface area contributed by atoms with Crippen molar-refractivity contribution >= 4 is 22.5 Å². The summed E-state index contributed by atoms with van der Waals surface area (Å²) in [5, 5.41) is 0. The Kier molecular flexibility index (Phi) is 20.7. The summed E-state index contributed by atoms with van der Waals surface area (Å²) in [6.07, 6.45) is 0. The molecule has 0 aromatic heterocycles. The van der Waals surface area contributed by atoms with Crippen molar-refractivity contribution in [3.8, 4) is 0 Å². The summed E-state index contributed by atoms with van der Waals surface area (Å²) in [5.41, 5.74) is 17.0. The Morgan fingerprint density at radius 2 is 0.929 bits per heavy atom. The van der Waals surface area contributed by atoms with Crippen molar-refractivity contribution in [1.29, 1.82) is 0 Å². The second kappa shape index (κ2) is 12.4. The Balaban J connectivity index is -0.0000000315. The van der Waals surface area contributed by atoms with Crippen LogP contribution in [0, 0.1) is 0 Å². The predicted octanol–water partition coefficient (Wildman–Crippen LogP) is -5.49. The summed E-state index contributed by atoms with van der Waals surface area (Å²) in [4.78, 5) is 18.0. The van der Waals surface area contributed by atoms with Gasteiger partial charge in [0.1, 0.15) is 0 Å². The minimum atomic E-state index is -4.67. The number of primary amides is 4. The zero-order valence-corrected chi connectivity index (χ0v) is 10.1. The molecule has 0 saturated carbocycles. The Morgan fingerprint density at radius 3 is 0.929 bits per heavy atom. The minimum Gasteiger partial charge on any atom is -1.00 e. The number of hydrogen-bond acceptors (Lipinski definition) is 4. The van der Waals surface area contributed by atoms with E-state index in [0.717, 1.165) is 0 Å². The smallest absolute Gasteiger partial charge is 1.00 e. The van der Waals surface area contributed by atoms with E-state index in [2.05, 4.69) is 22.9 Å². The van der Waals surface area contributed by atoms with Crippen molar-refractivity contribution in [2.75, 3.05) is 0 Å². The molecule has 0 aromatic carbocycles. The van der Waals surface area contributed by atoms with E-state index in [9.17, 15) is 0 Å². The molecule has 0 aliphatic heterocycles. The topological polar surface area (TPSA) is 213 Å². The molecular formula is C2H11N4NaO6S. The van der Waals surface area contributed by atoms with Crippen molar-refractivity contribution in [2.24, 2.45) is 22.9 Å². The molecule has 0 atom stereocenters. The van der Waals surface area contributed by atoms with Gasteiger partial charge in [0.2, 0.25) is 0 Å². The second-order valence-corrected chi connectivity index (χ2v) is 2.15. The van der Waals surface area contributed by atoms with Gasteiger partial charge in [-0.05, 0) is 0 Å².